The standard InChI is InChI=1S/C20H23N5O/c26-19(9-12-24-13-10-21-15-24)25-11-5-4-8-18(25)20-22-14-17(23-20)16-6-2-1-3-7-16/h1-3,6-7,10,13-15,18H,4-5,8-9,11-12H2,(H,22,23). The molecule has 6 nitrogen and oxygen atoms in total. The summed E-state index contributed by atoms with van der Waals surface area (Å²) in [7, 11) is 0. The minimum absolute atomic E-state index is 0.0384. The van der Waals surface area contributed by atoms with Crippen molar-refractivity contribution in [1.29, 1.82) is 0 Å². The van der Waals surface area contributed by atoms with Gasteiger partial charge in [-0.2, -0.15) is 0 Å². The van der Waals surface area contributed by atoms with E-state index in [-0.39, 0.29) is 11.9 Å². The van der Waals surface area contributed by atoms with Crippen molar-refractivity contribution in [3.8, 4) is 11.3 Å². The highest BCUT2D eigenvalue weighted by Gasteiger charge is 2.29. The van der Waals surface area contributed by atoms with Gasteiger partial charge in [0, 0.05) is 31.9 Å². The van der Waals surface area contributed by atoms with Gasteiger partial charge in [0.05, 0.1) is 24.3 Å². The lowest BCUT2D eigenvalue weighted by Crippen LogP contribution is -2.39. The second-order valence-electron chi connectivity index (χ2n) is 6.70. The van der Waals surface area contributed by atoms with Gasteiger partial charge in [-0.15, -0.1) is 0 Å². The van der Waals surface area contributed by atoms with Gasteiger partial charge in [0.15, 0.2) is 0 Å². The van der Waals surface area contributed by atoms with Gasteiger partial charge < -0.3 is 14.5 Å². The van der Waals surface area contributed by atoms with Crippen LogP contribution in [0.1, 0.15) is 37.5 Å². The number of piperidine rings is 1. The van der Waals surface area contributed by atoms with Crippen LogP contribution in [0.2, 0.25) is 0 Å². The first kappa shape index (κ1) is 16.6. The molecule has 1 N–H and O–H groups in total. The molecular formula is C20H23N5O. The van der Waals surface area contributed by atoms with E-state index < -0.39 is 0 Å². The quantitative estimate of drug-likeness (QED) is 0.767. The third-order valence-electron chi connectivity index (χ3n) is 4.96. The Morgan fingerprint density at radius 1 is 1.23 bits per heavy atom. The van der Waals surface area contributed by atoms with Crippen molar-refractivity contribution >= 4 is 5.91 Å². The first-order valence-corrected chi connectivity index (χ1v) is 9.17. The van der Waals surface area contributed by atoms with E-state index in [1.165, 1.54) is 0 Å². The van der Waals surface area contributed by atoms with Crippen LogP contribution in [0.15, 0.2) is 55.2 Å². The molecule has 1 fully saturated rings. The van der Waals surface area contributed by atoms with Crippen LogP contribution in [-0.4, -0.2) is 36.9 Å². The molecule has 1 atom stereocenters. The maximum absolute atomic E-state index is 12.8. The predicted molar refractivity (Wildman–Crippen MR) is 99.2 cm³/mol. The molecule has 1 aromatic carbocycles. The number of carbonyl (C=O) groups excluding carboxylic acids is 1. The molecule has 0 spiro atoms. The number of amides is 1. The van der Waals surface area contributed by atoms with Crippen LogP contribution in [0.3, 0.4) is 0 Å². The number of rotatable bonds is 5. The Labute approximate surface area is 152 Å². The fourth-order valence-electron chi connectivity index (χ4n) is 3.57. The smallest absolute Gasteiger partial charge is 0.224 e. The van der Waals surface area contributed by atoms with Crippen LogP contribution in [0.25, 0.3) is 11.3 Å². The number of benzene rings is 1. The van der Waals surface area contributed by atoms with Crippen molar-refractivity contribution in [2.45, 2.75) is 38.3 Å². The summed E-state index contributed by atoms with van der Waals surface area (Å²) < 4.78 is 1.94. The van der Waals surface area contributed by atoms with Crippen molar-refractivity contribution in [1.82, 2.24) is 24.4 Å². The second-order valence-corrected chi connectivity index (χ2v) is 6.70. The van der Waals surface area contributed by atoms with Gasteiger partial charge in [0.1, 0.15) is 5.82 Å². The average molecular weight is 349 g/mol. The zero-order valence-corrected chi connectivity index (χ0v) is 14.7. The molecular weight excluding hydrogens is 326 g/mol. The molecule has 1 unspecified atom stereocenters. The van der Waals surface area contributed by atoms with Gasteiger partial charge in [-0.05, 0) is 24.8 Å². The fraction of sp³-hybridized carbons (Fsp3) is 0.350. The normalized spacial score (nSPS) is 17.4. The summed E-state index contributed by atoms with van der Waals surface area (Å²) in [5.41, 5.74) is 2.11. The zero-order valence-electron chi connectivity index (χ0n) is 14.7. The summed E-state index contributed by atoms with van der Waals surface area (Å²) in [5.74, 6) is 1.07. The number of carbonyl (C=O) groups is 1. The Kier molecular flexibility index (Phi) is 4.82. The van der Waals surface area contributed by atoms with Gasteiger partial charge in [0.25, 0.3) is 0 Å². The Morgan fingerprint density at radius 2 is 2.12 bits per heavy atom. The van der Waals surface area contributed by atoms with Crippen LogP contribution in [-0.2, 0) is 11.3 Å². The number of aromatic nitrogens is 4. The lowest BCUT2D eigenvalue weighted by Gasteiger charge is -2.34. The molecule has 1 amide bonds. The number of nitrogens with one attached hydrogen (secondary N) is 1. The van der Waals surface area contributed by atoms with Crippen molar-refractivity contribution in [2.75, 3.05) is 6.54 Å². The van der Waals surface area contributed by atoms with Crippen LogP contribution in [0.4, 0.5) is 0 Å². The zero-order chi connectivity index (χ0) is 17.8. The van der Waals surface area contributed by atoms with Crippen molar-refractivity contribution in [3.05, 3.63) is 61.1 Å². The van der Waals surface area contributed by atoms with Crippen LogP contribution < -0.4 is 0 Å². The molecule has 0 radical (unpaired) electrons. The number of nitrogens with zero attached hydrogens (tertiary/aromatic N) is 4. The first-order chi connectivity index (χ1) is 12.8. The molecule has 3 aromatic rings. The number of hydrogen-bond donors (Lipinski definition) is 1. The molecule has 1 saturated heterocycles. The van der Waals surface area contributed by atoms with Crippen molar-refractivity contribution < 1.29 is 4.79 Å². The molecule has 26 heavy (non-hydrogen) atoms. The maximum Gasteiger partial charge on any atom is 0.224 e. The second kappa shape index (κ2) is 7.56. The highest BCUT2D eigenvalue weighted by molar-refractivity contribution is 5.76. The van der Waals surface area contributed by atoms with Gasteiger partial charge >= 0.3 is 0 Å². The summed E-state index contributed by atoms with van der Waals surface area (Å²) in [5, 5.41) is 0. The highest BCUT2D eigenvalue weighted by Crippen LogP contribution is 2.31. The summed E-state index contributed by atoms with van der Waals surface area (Å²) in [6, 6.07) is 10.2. The van der Waals surface area contributed by atoms with E-state index in [1.54, 1.807) is 12.5 Å². The highest BCUT2D eigenvalue weighted by atomic mass is 16.2. The number of hydrogen-bond acceptors (Lipinski definition) is 3. The van der Waals surface area contributed by atoms with Crippen LogP contribution in [0.5, 0.6) is 0 Å². The summed E-state index contributed by atoms with van der Waals surface area (Å²) in [6.07, 6.45) is 10.9. The number of imidazole rings is 2. The van der Waals surface area contributed by atoms with Gasteiger partial charge in [0.2, 0.25) is 5.91 Å². The van der Waals surface area contributed by atoms with Crippen LogP contribution >= 0.6 is 0 Å². The monoisotopic (exact) mass is 349 g/mol. The number of aromatic amines is 1. The van der Waals surface area contributed by atoms with E-state index in [2.05, 4.69) is 27.1 Å². The van der Waals surface area contributed by atoms with Crippen molar-refractivity contribution in [2.24, 2.45) is 0 Å². The maximum atomic E-state index is 12.8. The predicted octanol–water partition coefficient (Wildman–Crippen LogP) is 3.42. The Bertz CT molecular complexity index is 840. The first-order valence-electron chi connectivity index (χ1n) is 9.17. The molecule has 134 valence electrons. The Hall–Kier alpha value is -2.89. The lowest BCUT2D eigenvalue weighted by atomic mass is 10.0. The molecule has 6 heteroatoms. The van der Waals surface area contributed by atoms with Gasteiger partial charge in [-0.3, -0.25) is 4.79 Å². The summed E-state index contributed by atoms with van der Waals surface area (Å²) in [4.78, 5) is 26.9. The largest absolute Gasteiger partial charge is 0.340 e. The van der Waals surface area contributed by atoms with E-state index in [9.17, 15) is 4.79 Å². The number of H-pyrrole nitrogens is 1. The molecule has 1 aliphatic rings. The third kappa shape index (κ3) is 3.54. The molecule has 3 heterocycles. The van der Waals surface area contributed by atoms with Crippen molar-refractivity contribution in [3.63, 3.8) is 0 Å². The van der Waals surface area contributed by atoms with E-state index in [0.29, 0.717) is 13.0 Å². The van der Waals surface area contributed by atoms with Gasteiger partial charge in [-0.25, -0.2) is 9.97 Å². The third-order valence-corrected chi connectivity index (χ3v) is 4.96. The minimum atomic E-state index is 0.0384. The number of aryl methyl sites for hydroxylation is 1. The topological polar surface area (TPSA) is 66.8 Å². The molecule has 1 aliphatic heterocycles. The van der Waals surface area contributed by atoms with E-state index in [0.717, 1.165) is 42.9 Å². The number of likely N-dealkylation sites (tertiary alicyclic amines) is 1. The van der Waals surface area contributed by atoms with Gasteiger partial charge in [-0.1, -0.05) is 30.3 Å². The Balaban J connectivity index is 1.48. The minimum Gasteiger partial charge on any atom is -0.340 e. The molecule has 0 aliphatic carbocycles. The average Bonchev–Trinajstić information content (AvgIpc) is 3.39. The molecule has 0 bridgehead atoms. The SMILES string of the molecule is O=C(CCn1ccnc1)N1CCCCC1c1ncc(-c2ccccc2)[nH]1. The van der Waals surface area contributed by atoms with E-state index in [4.69, 9.17) is 0 Å². The summed E-state index contributed by atoms with van der Waals surface area (Å²) in [6.45, 7) is 1.46. The summed E-state index contributed by atoms with van der Waals surface area (Å²) >= 11 is 0. The van der Waals surface area contributed by atoms with Crippen LogP contribution in [0, 0.1) is 0 Å². The lowest BCUT2D eigenvalue weighted by molar-refractivity contribution is -0.135. The molecule has 2 aromatic heterocycles. The Morgan fingerprint density at radius 3 is 2.92 bits per heavy atom. The molecule has 4 rings (SSSR count). The fourth-order valence-corrected chi connectivity index (χ4v) is 3.57. The molecule has 0 saturated carbocycles. The van der Waals surface area contributed by atoms with E-state index in [1.807, 2.05) is 40.1 Å². The van der Waals surface area contributed by atoms with E-state index >= 15 is 0 Å².